The fourth-order valence-electron chi connectivity index (χ4n) is 6.88. The van der Waals surface area contributed by atoms with E-state index in [2.05, 4.69) is 30.6 Å². The third-order valence-electron chi connectivity index (χ3n) is 10.1. The molecule has 5 aromatic rings. The molecule has 16 heteroatoms. The Balaban J connectivity index is 0.804. The molecule has 8 atom stereocenters. The number of hydrogen-bond acceptors (Lipinski definition) is 16. The molecule has 2 aliphatic heterocycles. The summed E-state index contributed by atoms with van der Waals surface area (Å²) in [6.45, 7) is 4.85. The fraction of sp³-hybridized carbons (Fsp3) is 0.429. The Morgan fingerprint density at radius 2 is 1.02 bits per heavy atom. The predicted molar refractivity (Wildman–Crippen MR) is 209 cm³/mol. The number of carbonyl (C=O) groups excluding carboxylic acids is 2. The summed E-state index contributed by atoms with van der Waals surface area (Å²) >= 11 is 0. The van der Waals surface area contributed by atoms with Gasteiger partial charge in [-0.1, -0.05) is 48.5 Å². The van der Waals surface area contributed by atoms with Gasteiger partial charge in [-0.15, -0.1) is 0 Å². The maximum Gasteiger partial charge on any atom is 0.358 e. The molecule has 0 saturated carbocycles. The van der Waals surface area contributed by atoms with Gasteiger partial charge < -0.3 is 49.3 Å². The summed E-state index contributed by atoms with van der Waals surface area (Å²) in [4.78, 5) is 42.1. The molecule has 7 rings (SSSR count). The van der Waals surface area contributed by atoms with Crippen molar-refractivity contribution in [2.45, 2.75) is 88.9 Å². The first-order valence-corrected chi connectivity index (χ1v) is 19.4. The largest absolute Gasteiger partial charge is 0.458 e. The fourth-order valence-corrected chi connectivity index (χ4v) is 6.88. The number of ether oxygens (including phenoxy) is 6. The zero-order valence-electron chi connectivity index (χ0n) is 32.3. The summed E-state index contributed by atoms with van der Waals surface area (Å²) in [5.74, 6) is -1.18. The van der Waals surface area contributed by atoms with E-state index < -0.39 is 48.9 Å². The number of esters is 2. The molecule has 4 N–H and O–H groups in total. The van der Waals surface area contributed by atoms with Crippen LogP contribution in [0.1, 0.15) is 58.8 Å². The molecule has 2 aromatic heterocycles. The lowest BCUT2D eigenvalue weighted by Crippen LogP contribution is -2.53. The van der Waals surface area contributed by atoms with E-state index >= 15 is 0 Å². The molecule has 16 nitrogen and oxygen atoms in total. The molecule has 0 bridgehead atoms. The Bertz CT molecular complexity index is 1990. The lowest BCUT2D eigenvalue weighted by atomic mass is 9.98. The third-order valence-corrected chi connectivity index (χ3v) is 10.1. The molecule has 0 amide bonds. The molecule has 2 saturated heterocycles. The number of nitrogens with zero attached hydrogens (tertiary/aromatic N) is 4. The number of fused-ring (bicyclic) bond motifs is 2. The van der Waals surface area contributed by atoms with Crippen molar-refractivity contribution in [3.8, 4) is 0 Å². The van der Waals surface area contributed by atoms with E-state index in [-0.39, 0.29) is 49.9 Å². The zero-order chi connectivity index (χ0) is 40.4. The molecule has 2 aliphatic rings. The minimum absolute atomic E-state index is 0.00732. The van der Waals surface area contributed by atoms with Crippen LogP contribution in [0.15, 0.2) is 85.2 Å². The van der Waals surface area contributed by atoms with Crippen molar-refractivity contribution in [3.05, 3.63) is 108 Å². The summed E-state index contributed by atoms with van der Waals surface area (Å²) in [6, 6.07) is 22.0. The molecular weight excluding hydrogens is 748 g/mol. The van der Waals surface area contributed by atoms with Crippen molar-refractivity contribution in [2.75, 3.05) is 26.4 Å². The first-order chi connectivity index (χ1) is 28.2. The van der Waals surface area contributed by atoms with Crippen LogP contribution in [0.2, 0.25) is 0 Å². The van der Waals surface area contributed by atoms with Gasteiger partial charge in [-0.3, -0.25) is 9.97 Å². The molecule has 0 aliphatic carbocycles. The smallest absolute Gasteiger partial charge is 0.358 e. The summed E-state index contributed by atoms with van der Waals surface area (Å²) in [5, 5.41) is 28.5. The molecule has 2 fully saturated rings. The average Bonchev–Trinajstić information content (AvgIpc) is 3.25. The van der Waals surface area contributed by atoms with Gasteiger partial charge in [0.25, 0.3) is 0 Å². The zero-order valence-corrected chi connectivity index (χ0v) is 32.3. The van der Waals surface area contributed by atoms with Gasteiger partial charge >= 0.3 is 11.9 Å². The number of rotatable bonds is 16. The standard InChI is InChI=1S/C42H48N6O10/c1-25-39(49)33(19-37(57-25)53-15-17-55-41(51)35-23-45-29-7-3-5-9-31(29)47-35)43-21-27-11-13-28(14-12-27)22-44-34-20-38(58-26(2)40(34)50)54-16-18-56-42(52)36-24-46-30-8-4-6-10-32(30)48-36/h3-14,23-26,33-34,37-40,43-44,49-50H,15-22H2,1-2H3/t25-,26-,33-,34-,37?,38?,39-,40-/m1/s1. The number of para-hydroxylation sites is 4. The van der Waals surface area contributed by atoms with Gasteiger partial charge in [-0.05, 0) is 49.2 Å². The highest BCUT2D eigenvalue weighted by Gasteiger charge is 2.36. The van der Waals surface area contributed by atoms with Crippen LogP contribution in [0.25, 0.3) is 22.1 Å². The van der Waals surface area contributed by atoms with Gasteiger partial charge in [0, 0.05) is 38.0 Å². The maximum atomic E-state index is 12.5. The Labute approximate surface area is 335 Å². The van der Waals surface area contributed by atoms with Crippen LogP contribution in [0.4, 0.5) is 0 Å². The van der Waals surface area contributed by atoms with E-state index in [1.165, 1.54) is 12.4 Å². The van der Waals surface area contributed by atoms with E-state index in [0.717, 1.165) is 11.1 Å². The van der Waals surface area contributed by atoms with Crippen LogP contribution in [-0.4, -0.2) is 118 Å². The summed E-state index contributed by atoms with van der Waals surface area (Å²) in [5.41, 5.74) is 4.89. The molecule has 3 aromatic carbocycles. The average molecular weight is 797 g/mol. The molecule has 0 spiro atoms. The summed E-state index contributed by atoms with van der Waals surface area (Å²) in [7, 11) is 0. The highest BCUT2D eigenvalue weighted by molar-refractivity contribution is 5.90. The quantitative estimate of drug-likeness (QED) is 0.0836. The Morgan fingerprint density at radius 1 is 0.621 bits per heavy atom. The van der Waals surface area contributed by atoms with E-state index in [4.69, 9.17) is 28.4 Å². The minimum atomic E-state index is -0.742. The molecule has 306 valence electrons. The second kappa shape index (κ2) is 19.6. The lowest BCUT2D eigenvalue weighted by Gasteiger charge is -2.38. The van der Waals surface area contributed by atoms with Gasteiger partial charge in [0.05, 0.1) is 72.1 Å². The number of benzene rings is 3. The number of aromatic nitrogens is 4. The monoisotopic (exact) mass is 796 g/mol. The van der Waals surface area contributed by atoms with Gasteiger partial charge in [-0.25, -0.2) is 19.6 Å². The van der Waals surface area contributed by atoms with Crippen molar-refractivity contribution < 1.29 is 48.2 Å². The van der Waals surface area contributed by atoms with Crippen LogP contribution >= 0.6 is 0 Å². The molecule has 2 unspecified atom stereocenters. The van der Waals surface area contributed by atoms with Crippen LogP contribution in [0.5, 0.6) is 0 Å². The summed E-state index contributed by atoms with van der Waals surface area (Å²) in [6.07, 6.45) is -0.0215. The summed E-state index contributed by atoms with van der Waals surface area (Å²) < 4.78 is 34.1. The Kier molecular flexibility index (Phi) is 13.9. The second-order valence-corrected chi connectivity index (χ2v) is 14.3. The van der Waals surface area contributed by atoms with Gasteiger partial charge in [0.1, 0.15) is 13.2 Å². The SMILES string of the molecule is C[C@H]1OC(OCCOC(=O)c2cnc3ccccc3n2)C[C@@H](NCc2ccc(CN[C@@H]3CC(OCCOC(=O)c4cnc5ccccc5n4)O[C@H](C)[C@H]3O)cc2)[C@@H]1O. The normalized spacial score (nSPS) is 24.8. The van der Waals surface area contributed by atoms with E-state index in [9.17, 15) is 19.8 Å². The van der Waals surface area contributed by atoms with Crippen molar-refractivity contribution in [1.29, 1.82) is 0 Å². The number of aliphatic hydroxyl groups is 2. The maximum absolute atomic E-state index is 12.5. The van der Waals surface area contributed by atoms with Crippen LogP contribution in [-0.2, 0) is 41.5 Å². The topological polar surface area (TPSA) is 206 Å². The van der Waals surface area contributed by atoms with Crippen molar-refractivity contribution in [1.82, 2.24) is 30.6 Å². The van der Waals surface area contributed by atoms with Crippen molar-refractivity contribution in [3.63, 3.8) is 0 Å². The van der Waals surface area contributed by atoms with E-state index in [1.807, 2.05) is 60.7 Å². The van der Waals surface area contributed by atoms with E-state index in [0.29, 0.717) is 48.0 Å². The second-order valence-electron chi connectivity index (χ2n) is 14.3. The van der Waals surface area contributed by atoms with Gasteiger partial charge in [-0.2, -0.15) is 0 Å². The third kappa shape index (κ3) is 10.7. The van der Waals surface area contributed by atoms with Crippen molar-refractivity contribution in [2.24, 2.45) is 0 Å². The number of carbonyl (C=O) groups is 2. The highest BCUT2D eigenvalue weighted by atomic mass is 16.7. The van der Waals surface area contributed by atoms with Gasteiger partial charge in [0.15, 0.2) is 24.0 Å². The number of hydrogen-bond donors (Lipinski definition) is 4. The molecule has 4 heterocycles. The highest BCUT2D eigenvalue weighted by Crippen LogP contribution is 2.23. The molecule has 58 heavy (non-hydrogen) atoms. The van der Waals surface area contributed by atoms with Crippen LogP contribution in [0, 0.1) is 0 Å². The van der Waals surface area contributed by atoms with Gasteiger partial charge in [0.2, 0.25) is 0 Å². The Hall–Kier alpha value is -5.04. The first kappa shape index (κ1) is 41.1. The number of nitrogens with one attached hydrogen (secondary N) is 2. The first-order valence-electron chi connectivity index (χ1n) is 19.4. The van der Waals surface area contributed by atoms with Crippen LogP contribution < -0.4 is 10.6 Å². The van der Waals surface area contributed by atoms with Crippen molar-refractivity contribution >= 4 is 34.0 Å². The Morgan fingerprint density at radius 3 is 1.43 bits per heavy atom. The predicted octanol–water partition coefficient (Wildman–Crippen LogP) is 3.23. The van der Waals surface area contributed by atoms with E-state index in [1.54, 1.807) is 26.0 Å². The lowest BCUT2D eigenvalue weighted by molar-refractivity contribution is -0.227. The molecule has 0 radical (unpaired) electrons. The number of aliphatic hydroxyl groups excluding tert-OH is 2. The van der Waals surface area contributed by atoms with Crippen LogP contribution in [0.3, 0.4) is 0 Å². The molecular formula is C42H48N6O10. The minimum Gasteiger partial charge on any atom is -0.458 e.